The number of unbranched alkanes of at least 4 members (excludes halogenated alkanes) is 1. The fraction of sp³-hybridized carbons (Fsp3) is 0.500. The first kappa shape index (κ1) is 14.0. The number of aryl methyl sites for hydroxylation is 2. The molecule has 1 N–H and O–H groups in total. The second-order valence-corrected chi connectivity index (χ2v) is 4.64. The summed E-state index contributed by atoms with van der Waals surface area (Å²) in [7, 11) is 0. The fourth-order valence-corrected chi connectivity index (χ4v) is 2.44. The highest BCUT2D eigenvalue weighted by atomic mass is 14.9. The van der Waals surface area contributed by atoms with Gasteiger partial charge in [0.1, 0.15) is 0 Å². The van der Waals surface area contributed by atoms with Crippen LogP contribution in [0.5, 0.6) is 0 Å². The lowest BCUT2D eigenvalue weighted by atomic mass is 9.93. The summed E-state index contributed by atoms with van der Waals surface area (Å²) in [6.07, 6.45) is 5.50. The highest BCUT2D eigenvalue weighted by molar-refractivity contribution is 5.36. The third-order valence-corrected chi connectivity index (χ3v) is 3.24. The number of hydrogen-bond donors (Lipinski definition) is 1. The highest BCUT2D eigenvalue weighted by Crippen LogP contribution is 2.26. The Morgan fingerprint density at radius 1 is 1.29 bits per heavy atom. The van der Waals surface area contributed by atoms with Gasteiger partial charge in [-0.25, -0.2) is 0 Å². The van der Waals surface area contributed by atoms with Crippen LogP contribution in [0.1, 0.15) is 48.9 Å². The normalized spacial score (nSPS) is 12.4. The maximum atomic E-state index is 3.79. The Labute approximate surface area is 106 Å². The summed E-state index contributed by atoms with van der Waals surface area (Å²) in [5.74, 6) is 0. The Hall–Kier alpha value is -1.08. The van der Waals surface area contributed by atoms with Crippen molar-refractivity contribution in [3.8, 4) is 0 Å². The van der Waals surface area contributed by atoms with Crippen molar-refractivity contribution < 1.29 is 0 Å². The maximum absolute atomic E-state index is 3.79. The average Bonchev–Trinajstić information content (AvgIpc) is 2.29. The molecule has 1 unspecified atom stereocenters. The van der Waals surface area contributed by atoms with Gasteiger partial charge in [-0.3, -0.25) is 0 Å². The van der Waals surface area contributed by atoms with Crippen LogP contribution in [-0.2, 0) is 0 Å². The lowest BCUT2D eigenvalue weighted by molar-refractivity contribution is 0.496. The molecular formula is C16H25N. The van der Waals surface area contributed by atoms with Crippen molar-refractivity contribution >= 4 is 0 Å². The zero-order valence-electron chi connectivity index (χ0n) is 11.4. The van der Waals surface area contributed by atoms with E-state index < -0.39 is 0 Å². The van der Waals surface area contributed by atoms with E-state index in [1.54, 1.807) is 0 Å². The minimum absolute atomic E-state index is 0.487. The van der Waals surface area contributed by atoms with Crippen molar-refractivity contribution in [2.24, 2.45) is 0 Å². The first-order valence-corrected chi connectivity index (χ1v) is 6.61. The molecule has 1 heteroatoms. The van der Waals surface area contributed by atoms with Crippen LogP contribution in [-0.4, -0.2) is 6.54 Å². The summed E-state index contributed by atoms with van der Waals surface area (Å²) >= 11 is 0. The molecule has 0 heterocycles. The Balaban J connectivity index is 2.84. The van der Waals surface area contributed by atoms with Crippen LogP contribution in [0.15, 0.2) is 30.9 Å². The van der Waals surface area contributed by atoms with Crippen LogP contribution in [0.4, 0.5) is 0 Å². The standard InChI is InChI=1S/C16H25N/c1-5-7-8-12-15(17-6-2)16-13(3)10-9-11-14(16)4/h5,9-11,15,17H,1,6-8,12H2,2-4H3. The Kier molecular flexibility index (Phi) is 5.99. The number of benzene rings is 1. The van der Waals surface area contributed by atoms with Crippen LogP contribution >= 0.6 is 0 Å². The van der Waals surface area contributed by atoms with Gasteiger partial charge in [-0.2, -0.15) is 0 Å². The smallest absolute Gasteiger partial charge is 0.0325 e. The van der Waals surface area contributed by atoms with Gasteiger partial charge in [-0.1, -0.05) is 31.2 Å². The van der Waals surface area contributed by atoms with Crippen LogP contribution in [0.3, 0.4) is 0 Å². The van der Waals surface area contributed by atoms with Crippen molar-refractivity contribution in [3.05, 3.63) is 47.5 Å². The molecule has 1 aromatic carbocycles. The lowest BCUT2D eigenvalue weighted by Gasteiger charge is -2.22. The van der Waals surface area contributed by atoms with Gasteiger partial charge in [-0.05, 0) is 56.3 Å². The molecule has 0 saturated heterocycles. The summed E-state index contributed by atoms with van der Waals surface area (Å²) in [6.45, 7) is 11.4. The molecule has 1 aromatic rings. The van der Waals surface area contributed by atoms with Gasteiger partial charge < -0.3 is 5.32 Å². The van der Waals surface area contributed by atoms with Crippen molar-refractivity contribution in [2.75, 3.05) is 6.54 Å². The van der Waals surface area contributed by atoms with Crippen molar-refractivity contribution in [1.29, 1.82) is 0 Å². The Morgan fingerprint density at radius 3 is 2.47 bits per heavy atom. The minimum atomic E-state index is 0.487. The number of hydrogen-bond acceptors (Lipinski definition) is 1. The molecule has 17 heavy (non-hydrogen) atoms. The Bertz CT molecular complexity index is 334. The number of allylic oxidation sites excluding steroid dienone is 1. The van der Waals surface area contributed by atoms with E-state index in [1.165, 1.54) is 29.5 Å². The molecule has 1 rings (SSSR count). The molecule has 0 bridgehead atoms. The minimum Gasteiger partial charge on any atom is -0.310 e. The third-order valence-electron chi connectivity index (χ3n) is 3.24. The van der Waals surface area contributed by atoms with E-state index in [9.17, 15) is 0 Å². The van der Waals surface area contributed by atoms with Crippen LogP contribution in [0.2, 0.25) is 0 Å². The largest absolute Gasteiger partial charge is 0.310 e. The van der Waals surface area contributed by atoms with E-state index in [0.29, 0.717) is 6.04 Å². The molecule has 0 radical (unpaired) electrons. The van der Waals surface area contributed by atoms with Crippen molar-refractivity contribution in [3.63, 3.8) is 0 Å². The number of nitrogens with one attached hydrogen (secondary N) is 1. The molecule has 94 valence electrons. The second-order valence-electron chi connectivity index (χ2n) is 4.64. The van der Waals surface area contributed by atoms with Gasteiger partial charge in [0.15, 0.2) is 0 Å². The van der Waals surface area contributed by atoms with Crippen LogP contribution in [0.25, 0.3) is 0 Å². The van der Waals surface area contributed by atoms with Crippen molar-refractivity contribution in [1.82, 2.24) is 5.32 Å². The molecular weight excluding hydrogens is 206 g/mol. The predicted octanol–water partition coefficient (Wildman–Crippen LogP) is 4.31. The summed E-state index contributed by atoms with van der Waals surface area (Å²) in [5, 5.41) is 3.61. The van der Waals surface area contributed by atoms with E-state index in [-0.39, 0.29) is 0 Å². The molecule has 1 atom stereocenters. The van der Waals surface area contributed by atoms with Gasteiger partial charge >= 0.3 is 0 Å². The molecule has 0 spiro atoms. The molecule has 0 aliphatic carbocycles. The molecule has 0 aliphatic rings. The van der Waals surface area contributed by atoms with Crippen LogP contribution < -0.4 is 5.32 Å². The lowest BCUT2D eigenvalue weighted by Crippen LogP contribution is -2.22. The molecule has 0 aromatic heterocycles. The van der Waals surface area contributed by atoms with Gasteiger partial charge in [0.05, 0.1) is 0 Å². The van der Waals surface area contributed by atoms with Gasteiger partial charge in [0.2, 0.25) is 0 Å². The molecule has 0 amide bonds. The quantitative estimate of drug-likeness (QED) is 0.544. The SMILES string of the molecule is C=CCCCC(NCC)c1c(C)cccc1C. The summed E-state index contributed by atoms with van der Waals surface area (Å²) in [5.41, 5.74) is 4.28. The fourth-order valence-electron chi connectivity index (χ4n) is 2.44. The van der Waals surface area contributed by atoms with E-state index in [4.69, 9.17) is 0 Å². The van der Waals surface area contributed by atoms with Crippen molar-refractivity contribution in [2.45, 2.75) is 46.1 Å². The van der Waals surface area contributed by atoms with Gasteiger partial charge in [0.25, 0.3) is 0 Å². The number of rotatable bonds is 7. The van der Waals surface area contributed by atoms with Gasteiger partial charge in [0, 0.05) is 6.04 Å². The topological polar surface area (TPSA) is 12.0 Å². The Morgan fingerprint density at radius 2 is 1.94 bits per heavy atom. The first-order chi connectivity index (χ1) is 8.20. The monoisotopic (exact) mass is 231 g/mol. The summed E-state index contributed by atoms with van der Waals surface area (Å²) in [4.78, 5) is 0. The van der Waals surface area contributed by atoms with Gasteiger partial charge in [-0.15, -0.1) is 6.58 Å². The predicted molar refractivity (Wildman–Crippen MR) is 76.4 cm³/mol. The van der Waals surface area contributed by atoms with E-state index in [1.807, 2.05) is 6.08 Å². The molecule has 0 saturated carbocycles. The second kappa shape index (κ2) is 7.29. The third kappa shape index (κ3) is 4.01. The highest BCUT2D eigenvalue weighted by Gasteiger charge is 2.14. The first-order valence-electron chi connectivity index (χ1n) is 6.61. The zero-order valence-corrected chi connectivity index (χ0v) is 11.4. The van der Waals surface area contributed by atoms with Crippen LogP contribution in [0, 0.1) is 13.8 Å². The zero-order chi connectivity index (χ0) is 12.7. The maximum Gasteiger partial charge on any atom is 0.0325 e. The molecule has 0 fully saturated rings. The summed E-state index contributed by atoms with van der Waals surface area (Å²) < 4.78 is 0. The molecule has 0 aliphatic heterocycles. The average molecular weight is 231 g/mol. The molecule has 1 nitrogen and oxygen atoms in total. The van der Waals surface area contributed by atoms with E-state index in [2.05, 4.69) is 50.9 Å². The summed E-state index contributed by atoms with van der Waals surface area (Å²) in [6, 6.07) is 7.04. The van der Waals surface area contributed by atoms with E-state index >= 15 is 0 Å². The van der Waals surface area contributed by atoms with E-state index in [0.717, 1.165) is 13.0 Å².